The summed E-state index contributed by atoms with van der Waals surface area (Å²) in [4.78, 5) is 19.1. The first-order valence-electron chi connectivity index (χ1n) is 7.99. The summed E-state index contributed by atoms with van der Waals surface area (Å²) in [6.07, 6.45) is 4.85. The molecule has 1 aliphatic heterocycles. The fraction of sp³-hybridized carbons (Fsp3) is 0.444. The first-order chi connectivity index (χ1) is 10.7. The second-order valence-electron chi connectivity index (χ2n) is 6.49. The average Bonchev–Trinajstić information content (AvgIpc) is 3.07. The Kier molecular flexibility index (Phi) is 3.30. The summed E-state index contributed by atoms with van der Waals surface area (Å²) in [7, 11) is 0. The smallest absolute Gasteiger partial charge is 0.227 e. The van der Waals surface area contributed by atoms with Crippen LogP contribution >= 0.6 is 11.3 Å². The zero-order valence-electron chi connectivity index (χ0n) is 12.8. The molecule has 1 aromatic heterocycles. The van der Waals surface area contributed by atoms with Crippen LogP contribution in [-0.4, -0.2) is 17.4 Å². The summed E-state index contributed by atoms with van der Waals surface area (Å²) in [6, 6.07) is 8.44. The van der Waals surface area contributed by atoms with E-state index in [2.05, 4.69) is 28.6 Å². The predicted molar refractivity (Wildman–Crippen MR) is 89.5 cm³/mol. The van der Waals surface area contributed by atoms with Gasteiger partial charge in [0.15, 0.2) is 0 Å². The number of nitrogens with zero attached hydrogens (tertiary/aromatic N) is 2. The van der Waals surface area contributed by atoms with Crippen LogP contribution in [0.5, 0.6) is 0 Å². The second-order valence-corrected chi connectivity index (χ2v) is 7.55. The molecule has 1 aliphatic carbocycles. The summed E-state index contributed by atoms with van der Waals surface area (Å²) in [6.45, 7) is 2.91. The summed E-state index contributed by atoms with van der Waals surface area (Å²) < 4.78 is 0. The molecule has 2 aliphatic rings. The lowest BCUT2D eigenvalue weighted by Crippen LogP contribution is -2.31. The van der Waals surface area contributed by atoms with Crippen molar-refractivity contribution in [2.75, 3.05) is 11.4 Å². The minimum Gasteiger partial charge on any atom is -0.311 e. The lowest BCUT2D eigenvalue weighted by molar-refractivity contribution is -0.118. The number of aromatic nitrogens is 1. The molecule has 1 saturated carbocycles. The van der Waals surface area contributed by atoms with Gasteiger partial charge in [0.2, 0.25) is 5.91 Å². The number of rotatable bonds is 4. The lowest BCUT2D eigenvalue weighted by Gasteiger charge is -2.17. The zero-order valence-corrected chi connectivity index (χ0v) is 13.7. The molecule has 114 valence electrons. The van der Waals surface area contributed by atoms with Gasteiger partial charge < -0.3 is 4.90 Å². The van der Waals surface area contributed by atoms with E-state index in [1.54, 1.807) is 11.3 Å². The van der Waals surface area contributed by atoms with Crippen molar-refractivity contribution in [3.05, 3.63) is 45.9 Å². The fourth-order valence-electron chi connectivity index (χ4n) is 3.51. The van der Waals surface area contributed by atoms with E-state index in [0.717, 1.165) is 35.8 Å². The highest BCUT2D eigenvalue weighted by molar-refractivity contribution is 7.09. The molecule has 1 aromatic carbocycles. The highest BCUT2D eigenvalue weighted by atomic mass is 32.1. The summed E-state index contributed by atoms with van der Waals surface area (Å²) in [5, 5.41) is 3.20. The molecule has 0 saturated heterocycles. The quantitative estimate of drug-likeness (QED) is 0.859. The van der Waals surface area contributed by atoms with E-state index in [4.69, 9.17) is 0 Å². The zero-order chi connectivity index (χ0) is 15.2. The molecule has 0 unspecified atom stereocenters. The van der Waals surface area contributed by atoms with Gasteiger partial charge in [-0.05, 0) is 44.2 Å². The van der Waals surface area contributed by atoms with Gasteiger partial charge in [-0.2, -0.15) is 0 Å². The van der Waals surface area contributed by atoms with Crippen molar-refractivity contribution < 1.29 is 4.79 Å². The molecule has 3 nitrogen and oxygen atoms in total. The van der Waals surface area contributed by atoms with Crippen LogP contribution in [-0.2, 0) is 16.6 Å². The SMILES string of the molecule is Cc1nc(CCCC(=O)N2CC3(CC3)c3ccccc32)cs1. The number of carbonyl (C=O) groups is 1. The number of carbonyl (C=O) groups excluding carboxylic acids is 1. The molecular formula is C18H20N2OS. The number of thiazole rings is 1. The normalized spacial score (nSPS) is 17.8. The van der Waals surface area contributed by atoms with E-state index in [-0.39, 0.29) is 11.3 Å². The molecule has 1 amide bonds. The standard InChI is InChI=1S/C18H20N2OS/c1-13-19-14(11-22-13)5-4-8-17(21)20-12-18(9-10-18)15-6-2-3-7-16(15)20/h2-3,6-7,11H,4-5,8-10,12H2,1H3. The Balaban J connectivity index is 1.41. The van der Waals surface area contributed by atoms with Gasteiger partial charge in [0, 0.05) is 29.4 Å². The van der Waals surface area contributed by atoms with E-state index in [0.29, 0.717) is 6.42 Å². The third-order valence-corrected chi connectivity index (χ3v) is 5.69. The van der Waals surface area contributed by atoms with Gasteiger partial charge in [0.05, 0.1) is 10.7 Å². The third kappa shape index (κ3) is 2.35. The molecule has 0 radical (unpaired) electrons. The average molecular weight is 312 g/mol. The van der Waals surface area contributed by atoms with Gasteiger partial charge in [-0.1, -0.05) is 18.2 Å². The Morgan fingerprint density at radius 3 is 2.91 bits per heavy atom. The van der Waals surface area contributed by atoms with Gasteiger partial charge in [-0.3, -0.25) is 4.79 Å². The second kappa shape index (κ2) is 5.20. The molecule has 0 bridgehead atoms. The molecular weight excluding hydrogens is 292 g/mol. The molecule has 0 N–H and O–H groups in total. The Morgan fingerprint density at radius 2 is 2.18 bits per heavy atom. The van der Waals surface area contributed by atoms with E-state index in [1.807, 2.05) is 17.9 Å². The number of amides is 1. The Bertz CT molecular complexity index is 717. The number of fused-ring (bicyclic) bond motifs is 2. The number of hydrogen-bond donors (Lipinski definition) is 0. The number of aryl methyl sites for hydroxylation is 2. The number of benzene rings is 1. The Hall–Kier alpha value is -1.68. The maximum Gasteiger partial charge on any atom is 0.227 e. The predicted octanol–water partition coefficient (Wildman–Crippen LogP) is 3.85. The van der Waals surface area contributed by atoms with Crippen molar-refractivity contribution >= 4 is 22.9 Å². The molecule has 4 rings (SSSR count). The van der Waals surface area contributed by atoms with Gasteiger partial charge in [0.25, 0.3) is 0 Å². The van der Waals surface area contributed by atoms with Gasteiger partial charge in [-0.15, -0.1) is 11.3 Å². The first-order valence-corrected chi connectivity index (χ1v) is 8.87. The lowest BCUT2D eigenvalue weighted by atomic mass is 9.99. The highest BCUT2D eigenvalue weighted by Crippen LogP contribution is 2.56. The Labute approximate surface area is 135 Å². The van der Waals surface area contributed by atoms with Crippen molar-refractivity contribution in [3.8, 4) is 0 Å². The molecule has 2 aromatic rings. The molecule has 4 heteroatoms. The topological polar surface area (TPSA) is 33.2 Å². The van der Waals surface area contributed by atoms with E-state index < -0.39 is 0 Å². The minimum atomic E-state index is 0.267. The van der Waals surface area contributed by atoms with Crippen molar-refractivity contribution in [1.29, 1.82) is 0 Å². The molecule has 1 fully saturated rings. The minimum absolute atomic E-state index is 0.267. The number of hydrogen-bond acceptors (Lipinski definition) is 3. The monoisotopic (exact) mass is 312 g/mol. The van der Waals surface area contributed by atoms with Crippen molar-refractivity contribution in [1.82, 2.24) is 4.98 Å². The number of para-hydroxylation sites is 1. The highest BCUT2D eigenvalue weighted by Gasteiger charge is 2.52. The van der Waals surface area contributed by atoms with Gasteiger partial charge in [-0.25, -0.2) is 4.98 Å². The van der Waals surface area contributed by atoms with Crippen LogP contribution in [0.3, 0.4) is 0 Å². The van der Waals surface area contributed by atoms with Crippen LogP contribution < -0.4 is 4.90 Å². The van der Waals surface area contributed by atoms with Gasteiger partial charge >= 0.3 is 0 Å². The first kappa shape index (κ1) is 13.9. The maximum atomic E-state index is 12.6. The molecule has 0 atom stereocenters. The third-order valence-electron chi connectivity index (χ3n) is 4.87. The van der Waals surface area contributed by atoms with E-state index in [1.165, 1.54) is 18.4 Å². The largest absolute Gasteiger partial charge is 0.311 e. The molecule has 22 heavy (non-hydrogen) atoms. The fourth-order valence-corrected chi connectivity index (χ4v) is 4.16. The van der Waals surface area contributed by atoms with Crippen molar-refractivity contribution in [3.63, 3.8) is 0 Å². The summed E-state index contributed by atoms with van der Waals surface area (Å²) in [5.74, 6) is 0.267. The Morgan fingerprint density at radius 1 is 1.36 bits per heavy atom. The molecule has 2 heterocycles. The van der Waals surface area contributed by atoms with E-state index >= 15 is 0 Å². The molecule has 1 spiro atoms. The van der Waals surface area contributed by atoms with Crippen LogP contribution in [0.1, 0.15) is 41.9 Å². The summed E-state index contributed by atoms with van der Waals surface area (Å²) in [5.41, 5.74) is 3.95. The van der Waals surface area contributed by atoms with Gasteiger partial charge in [0.1, 0.15) is 0 Å². The van der Waals surface area contributed by atoms with Crippen molar-refractivity contribution in [2.45, 2.75) is 44.4 Å². The van der Waals surface area contributed by atoms with Crippen LogP contribution in [0.2, 0.25) is 0 Å². The number of anilines is 1. The van der Waals surface area contributed by atoms with Crippen LogP contribution in [0.15, 0.2) is 29.6 Å². The summed E-state index contributed by atoms with van der Waals surface area (Å²) >= 11 is 1.68. The van der Waals surface area contributed by atoms with Crippen LogP contribution in [0.4, 0.5) is 5.69 Å². The maximum absolute atomic E-state index is 12.6. The van der Waals surface area contributed by atoms with Crippen LogP contribution in [0, 0.1) is 6.92 Å². The van der Waals surface area contributed by atoms with Crippen LogP contribution in [0.25, 0.3) is 0 Å². The van der Waals surface area contributed by atoms with Crippen molar-refractivity contribution in [2.24, 2.45) is 0 Å². The van der Waals surface area contributed by atoms with E-state index in [9.17, 15) is 4.79 Å².